The second-order valence-electron chi connectivity index (χ2n) is 5.27. The molecule has 0 saturated carbocycles. The summed E-state index contributed by atoms with van der Waals surface area (Å²) in [5, 5.41) is 3.04. The Morgan fingerprint density at radius 1 is 1.20 bits per heavy atom. The molecule has 0 aliphatic rings. The smallest absolute Gasteiger partial charge is 0.326 e. The Hall–Kier alpha value is -2.93. The lowest BCUT2D eigenvalue weighted by Crippen LogP contribution is -2.26. The number of anilines is 1. The zero-order valence-corrected chi connectivity index (χ0v) is 14.4. The van der Waals surface area contributed by atoms with Crippen LogP contribution in [0.15, 0.2) is 41.2 Å². The average Bonchev–Trinajstić information content (AvgIpc) is 2.91. The summed E-state index contributed by atoms with van der Waals surface area (Å²) >= 11 is 6.10. The summed E-state index contributed by atoms with van der Waals surface area (Å²) in [6.45, 7) is -0.143. The van der Waals surface area contributed by atoms with E-state index < -0.39 is 0 Å². The van der Waals surface area contributed by atoms with Crippen LogP contribution in [0, 0.1) is 0 Å². The highest BCUT2D eigenvalue weighted by Crippen LogP contribution is 2.35. The number of benzene rings is 2. The lowest BCUT2D eigenvalue weighted by Gasteiger charge is -2.13. The average molecular weight is 362 g/mol. The van der Waals surface area contributed by atoms with Crippen molar-refractivity contribution < 1.29 is 14.3 Å². The molecule has 0 aliphatic carbocycles. The normalized spacial score (nSPS) is 10.7. The molecule has 0 fully saturated rings. The van der Waals surface area contributed by atoms with Crippen LogP contribution >= 0.6 is 11.6 Å². The third kappa shape index (κ3) is 3.32. The molecular formula is C17H16ClN3O4. The quantitative estimate of drug-likeness (QED) is 0.731. The standard InChI is InChI=1S/C17H16ClN3O4/c1-24-14-8-15(25-2)12(7-10(14)18)19-16(22)9-21-13-6-4-3-5-11(13)20-17(21)23/h3-8H,9H2,1-2H3,(H,19,22)(H,20,23). The first-order chi connectivity index (χ1) is 12.0. The highest BCUT2D eigenvalue weighted by Gasteiger charge is 2.15. The monoisotopic (exact) mass is 361 g/mol. The van der Waals surface area contributed by atoms with Gasteiger partial charge in [0, 0.05) is 6.07 Å². The maximum atomic E-state index is 12.4. The molecule has 25 heavy (non-hydrogen) atoms. The van der Waals surface area contributed by atoms with Gasteiger partial charge in [-0.2, -0.15) is 0 Å². The van der Waals surface area contributed by atoms with Crippen molar-refractivity contribution in [2.45, 2.75) is 6.54 Å². The number of H-pyrrole nitrogens is 1. The predicted molar refractivity (Wildman–Crippen MR) is 95.7 cm³/mol. The maximum Gasteiger partial charge on any atom is 0.326 e. The fourth-order valence-corrected chi connectivity index (χ4v) is 2.80. The number of aromatic amines is 1. The van der Waals surface area contributed by atoms with Gasteiger partial charge >= 0.3 is 5.69 Å². The minimum Gasteiger partial charge on any atom is -0.495 e. The highest BCUT2D eigenvalue weighted by atomic mass is 35.5. The van der Waals surface area contributed by atoms with Gasteiger partial charge in [0.2, 0.25) is 5.91 Å². The number of aromatic nitrogens is 2. The Morgan fingerprint density at radius 3 is 2.64 bits per heavy atom. The molecule has 3 aromatic rings. The number of rotatable bonds is 5. The van der Waals surface area contributed by atoms with Crippen LogP contribution in [0.4, 0.5) is 5.69 Å². The molecule has 0 spiro atoms. The number of halogens is 1. The van der Waals surface area contributed by atoms with Gasteiger partial charge in [-0.25, -0.2) is 4.79 Å². The van der Waals surface area contributed by atoms with Gasteiger partial charge in [-0.1, -0.05) is 23.7 Å². The lowest BCUT2D eigenvalue weighted by atomic mass is 10.2. The largest absolute Gasteiger partial charge is 0.495 e. The van der Waals surface area contributed by atoms with Crippen LogP contribution in [0.2, 0.25) is 5.02 Å². The van der Waals surface area contributed by atoms with Crippen molar-refractivity contribution in [3.05, 3.63) is 51.9 Å². The summed E-state index contributed by atoms with van der Waals surface area (Å²) in [4.78, 5) is 27.2. The molecular weight excluding hydrogens is 346 g/mol. The van der Waals surface area contributed by atoms with Gasteiger partial charge in [-0.15, -0.1) is 0 Å². The second kappa shape index (κ2) is 6.90. The van der Waals surface area contributed by atoms with Crippen molar-refractivity contribution in [1.82, 2.24) is 9.55 Å². The number of imidazole rings is 1. The highest BCUT2D eigenvalue weighted by molar-refractivity contribution is 6.32. The number of amides is 1. The zero-order valence-electron chi connectivity index (χ0n) is 13.6. The summed E-state index contributed by atoms with van der Waals surface area (Å²) in [6.07, 6.45) is 0. The molecule has 2 aromatic carbocycles. The Bertz CT molecular complexity index is 993. The number of hydrogen-bond donors (Lipinski definition) is 2. The molecule has 130 valence electrons. The van der Waals surface area contributed by atoms with Crippen LogP contribution in [0.1, 0.15) is 0 Å². The van der Waals surface area contributed by atoms with E-state index in [1.807, 2.05) is 6.07 Å². The third-order valence-electron chi connectivity index (χ3n) is 3.73. The fourth-order valence-electron chi connectivity index (χ4n) is 2.55. The number of hydrogen-bond acceptors (Lipinski definition) is 4. The van der Waals surface area contributed by atoms with Gasteiger partial charge in [-0.3, -0.25) is 9.36 Å². The predicted octanol–water partition coefficient (Wildman–Crippen LogP) is 2.64. The number of para-hydroxylation sites is 2. The molecule has 1 aromatic heterocycles. The molecule has 8 heteroatoms. The molecule has 0 unspecified atom stereocenters. The van der Waals surface area contributed by atoms with Crippen LogP contribution < -0.4 is 20.5 Å². The molecule has 0 atom stereocenters. The van der Waals surface area contributed by atoms with Gasteiger partial charge in [0.05, 0.1) is 36.0 Å². The summed E-state index contributed by atoms with van der Waals surface area (Å²) in [5.74, 6) is 0.455. The lowest BCUT2D eigenvalue weighted by molar-refractivity contribution is -0.116. The number of methoxy groups -OCH3 is 2. The number of fused-ring (bicyclic) bond motifs is 1. The molecule has 0 radical (unpaired) electrons. The van der Waals surface area contributed by atoms with Gasteiger partial charge in [0.1, 0.15) is 18.0 Å². The number of ether oxygens (including phenoxy) is 2. The number of carbonyl (C=O) groups is 1. The van der Waals surface area contributed by atoms with E-state index in [0.29, 0.717) is 33.2 Å². The van der Waals surface area contributed by atoms with Gasteiger partial charge in [0.25, 0.3) is 0 Å². The fraction of sp³-hybridized carbons (Fsp3) is 0.176. The van der Waals surface area contributed by atoms with E-state index in [9.17, 15) is 9.59 Å². The summed E-state index contributed by atoms with van der Waals surface area (Å²) in [5.41, 5.74) is 1.37. The number of nitrogens with zero attached hydrogens (tertiary/aromatic N) is 1. The van der Waals surface area contributed by atoms with Crippen molar-refractivity contribution in [2.24, 2.45) is 0 Å². The molecule has 0 saturated heterocycles. The maximum absolute atomic E-state index is 12.4. The topological polar surface area (TPSA) is 85.3 Å². The van der Waals surface area contributed by atoms with E-state index in [2.05, 4.69) is 10.3 Å². The van der Waals surface area contributed by atoms with Gasteiger partial charge in [0.15, 0.2) is 0 Å². The molecule has 0 bridgehead atoms. The van der Waals surface area contributed by atoms with Crippen LogP contribution in [0.5, 0.6) is 11.5 Å². The summed E-state index contributed by atoms with van der Waals surface area (Å²) in [6, 6.07) is 10.3. The summed E-state index contributed by atoms with van der Waals surface area (Å²) in [7, 11) is 2.96. The number of nitrogens with one attached hydrogen (secondary N) is 2. The number of carbonyl (C=O) groups excluding carboxylic acids is 1. The third-order valence-corrected chi connectivity index (χ3v) is 4.03. The Balaban J connectivity index is 1.86. The SMILES string of the molecule is COc1cc(OC)c(NC(=O)Cn2c(=O)[nH]c3ccccc32)cc1Cl. The first-order valence-electron chi connectivity index (χ1n) is 7.42. The van der Waals surface area contributed by atoms with Gasteiger partial charge < -0.3 is 19.8 Å². The van der Waals surface area contributed by atoms with Crippen molar-refractivity contribution >= 4 is 34.2 Å². The first kappa shape index (κ1) is 16.9. The van der Waals surface area contributed by atoms with Crippen molar-refractivity contribution in [2.75, 3.05) is 19.5 Å². The van der Waals surface area contributed by atoms with Crippen molar-refractivity contribution in [3.8, 4) is 11.5 Å². The van der Waals surface area contributed by atoms with Crippen LogP contribution in [-0.2, 0) is 11.3 Å². The summed E-state index contributed by atoms with van der Waals surface area (Å²) < 4.78 is 11.7. The molecule has 1 heterocycles. The van der Waals surface area contributed by atoms with E-state index in [-0.39, 0.29) is 18.1 Å². The molecule has 3 rings (SSSR count). The minimum absolute atomic E-state index is 0.143. The zero-order chi connectivity index (χ0) is 18.0. The molecule has 7 nitrogen and oxygen atoms in total. The van der Waals surface area contributed by atoms with E-state index in [0.717, 1.165) is 0 Å². The minimum atomic E-state index is -0.383. The Morgan fingerprint density at radius 2 is 1.92 bits per heavy atom. The first-order valence-corrected chi connectivity index (χ1v) is 7.80. The molecule has 2 N–H and O–H groups in total. The van der Waals surface area contributed by atoms with Crippen LogP contribution in [0.3, 0.4) is 0 Å². The molecule has 0 aliphatic heterocycles. The van der Waals surface area contributed by atoms with Crippen LogP contribution in [-0.4, -0.2) is 29.7 Å². The Kier molecular flexibility index (Phi) is 4.67. The Labute approximate surface area is 148 Å². The van der Waals surface area contributed by atoms with E-state index in [1.54, 1.807) is 24.3 Å². The van der Waals surface area contributed by atoms with Crippen molar-refractivity contribution in [3.63, 3.8) is 0 Å². The van der Waals surface area contributed by atoms with E-state index in [4.69, 9.17) is 21.1 Å². The molecule has 1 amide bonds. The van der Waals surface area contributed by atoms with E-state index in [1.165, 1.54) is 24.9 Å². The van der Waals surface area contributed by atoms with Gasteiger partial charge in [-0.05, 0) is 18.2 Å². The second-order valence-corrected chi connectivity index (χ2v) is 5.68. The van der Waals surface area contributed by atoms with E-state index >= 15 is 0 Å². The van der Waals surface area contributed by atoms with Crippen LogP contribution in [0.25, 0.3) is 11.0 Å². The van der Waals surface area contributed by atoms with Crippen molar-refractivity contribution in [1.29, 1.82) is 0 Å².